The molecule has 5 rings (SSSR count). The highest BCUT2D eigenvalue weighted by atomic mass is 32.1. The van der Waals surface area contributed by atoms with Gasteiger partial charge in [0.15, 0.2) is 11.4 Å². The molecule has 6 nitrogen and oxygen atoms in total. The lowest BCUT2D eigenvalue weighted by atomic mass is 10.1. The van der Waals surface area contributed by atoms with Crippen LogP contribution < -0.4 is 14.9 Å². The molecule has 1 aromatic heterocycles. The first-order valence-electron chi connectivity index (χ1n) is 10.6. The van der Waals surface area contributed by atoms with Gasteiger partial charge in [-0.1, -0.05) is 17.7 Å². The summed E-state index contributed by atoms with van der Waals surface area (Å²) in [6.07, 6.45) is 2.34. The summed E-state index contributed by atoms with van der Waals surface area (Å²) < 4.78 is 13.7. The first-order chi connectivity index (χ1) is 15.1. The number of anilines is 1. The van der Waals surface area contributed by atoms with Gasteiger partial charge < -0.3 is 19.4 Å². The maximum Gasteiger partial charge on any atom is 0.262 e. The lowest BCUT2D eigenvalue weighted by Crippen LogP contribution is -2.25. The molecule has 31 heavy (non-hydrogen) atoms. The Bertz CT molecular complexity index is 1210. The van der Waals surface area contributed by atoms with Crippen LogP contribution in [0.2, 0.25) is 0 Å². The van der Waals surface area contributed by atoms with Crippen molar-refractivity contribution in [1.82, 2.24) is 4.57 Å². The lowest BCUT2D eigenvalue weighted by molar-refractivity contribution is -0.118. The summed E-state index contributed by atoms with van der Waals surface area (Å²) in [6, 6.07) is 12.2. The molecule has 0 radical (unpaired) electrons. The first-order valence-corrected chi connectivity index (χ1v) is 11.4. The Labute approximate surface area is 185 Å². The van der Waals surface area contributed by atoms with E-state index in [9.17, 15) is 4.79 Å². The van der Waals surface area contributed by atoms with E-state index in [1.807, 2.05) is 18.2 Å². The van der Waals surface area contributed by atoms with Gasteiger partial charge in [-0.15, -0.1) is 11.3 Å². The average molecular weight is 436 g/mol. The number of aryl methyl sites for hydroxylation is 2. The van der Waals surface area contributed by atoms with Crippen molar-refractivity contribution >= 4 is 28.6 Å². The van der Waals surface area contributed by atoms with Crippen LogP contribution in [0.25, 0.3) is 11.3 Å². The molecular formula is C24H25N3O3S. The summed E-state index contributed by atoms with van der Waals surface area (Å²) in [6.45, 7) is 5.81. The number of fused-ring (bicyclic) bond motifs is 1. The third kappa shape index (κ3) is 4.16. The van der Waals surface area contributed by atoms with E-state index in [-0.39, 0.29) is 18.6 Å². The Morgan fingerprint density at radius 1 is 1.23 bits per heavy atom. The highest BCUT2D eigenvalue weighted by Gasteiger charge is 2.21. The van der Waals surface area contributed by atoms with Gasteiger partial charge >= 0.3 is 0 Å². The fourth-order valence-electron chi connectivity index (χ4n) is 4.09. The molecule has 7 heteroatoms. The molecule has 1 saturated heterocycles. The lowest BCUT2D eigenvalue weighted by Gasteiger charge is -2.19. The van der Waals surface area contributed by atoms with Crippen LogP contribution in [0.3, 0.4) is 0 Å². The Hall–Kier alpha value is -2.90. The number of thiazole rings is 1. The number of nitrogens with zero attached hydrogens (tertiary/aromatic N) is 2. The fourth-order valence-corrected chi connectivity index (χ4v) is 5.03. The molecular weight excluding hydrogens is 410 g/mol. The number of ether oxygens (including phenoxy) is 2. The minimum atomic E-state index is -0.132. The maximum atomic E-state index is 11.8. The number of carbonyl (C=O) groups is 1. The van der Waals surface area contributed by atoms with Crippen molar-refractivity contribution in [2.45, 2.75) is 39.3 Å². The molecule has 1 amide bonds. The predicted molar refractivity (Wildman–Crippen MR) is 122 cm³/mol. The van der Waals surface area contributed by atoms with Crippen LogP contribution in [0.4, 0.5) is 11.4 Å². The van der Waals surface area contributed by atoms with E-state index in [1.54, 1.807) is 11.3 Å². The van der Waals surface area contributed by atoms with Crippen LogP contribution in [0.15, 0.2) is 46.8 Å². The monoisotopic (exact) mass is 435 g/mol. The summed E-state index contributed by atoms with van der Waals surface area (Å²) in [7, 11) is 0. The molecule has 3 heterocycles. The minimum Gasteiger partial charge on any atom is -0.482 e. The van der Waals surface area contributed by atoms with Crippen molar-refractivity contribution in [2.75, 3.05) is 18.5 Å². The third-order valence-corrected chi connectivity index (χ3v) is 6.55. The van der Waals surface area contributed by atoms with Gasteiger partial charge in [0.1, 0.15) is 5.75 Å². The van der Waals surface area contributed by atoms with Gasteiger partial charge in [0, 0.05) is 17.6 Å². The summed E-state index contributed by atoms with van der Waals surface area (Å²) >= 11 is 1.62. The van der Waals surface area contributed by atoms with Crippen molar-refractivity contribution in [3.63, 3.8) is 0 Å². The number of rotatable bonds is 4. The maximum absolute atomic E-state index is 11.8. The summed E-state index contributed by atoms with van der Waals surface area (Å²) in [5.41, 5.74) is 6.15. The quantitative estimate of drug-likeness (QED) is 0.653. The highest BCUT2D eigenvalue weighted by molar-refractivity contribution is 7.07. The minimum absolute atomic E-state index is 0.0583. The number of nitrogens with one attached hydrogen (secondary N) is 1. The van der Waals surface area contributed by atoms with Crippen LogP contribution in [0.5, 0.6) is 5.75 Å². The zero-order chi connectivity index (χ0) is 21.4. The van der Waals surface area contributed by atoms with Gasteiger partial charge in [-0.05, 0) is 56.5 Å². The number of benzene rings is 2. The van der Waals surface area contributed by atoms with Crippen molar-refractivity contribution in [3.05, 3.63) is 57.7 Å². The second-order valence-electron chi connectivity index (χ2n) is 8.10. The molecule has 1 atom stereocenters. The fraction of sp³-hybridized carbons (Fsp3) is 0.333. The third-order valence-electron chi connectivity index (χ3n) is 5.68. The van der Waals surface area contributed by atoms with Gasteiger partial charge in [-0.3, -0.25) is 4.79 Å². The molecule has 3 aromatic rings. The summed E-state index contributed by atoms with van der Waals surface area (Å²) in [5.74, 6) is 0.567. The predicted octanol–water partition coefficient (Wildman–Crippen LogP) is 4.58. The zero-order valence-corrected chi connectivity index (χ0v) is 18.5. The molecule has 1 fully saturated rings. The molecule has 1 unspecified atom stereocenters. The van der Waals surface area contributed by atoms with Gasteiger partial charge in [0.2, 0.25) is 0 Å². The molecule has 0 saturated carbocycles. The van der Waals surface area contributed by atoms with Crippen molar-refractivity contribution < 1.29 is 14.3 Å². The van der Waals surface area contributed by atoms with Crippen molar-refractivity contribution in [3.8, 4) is 17.0 Å². The van der Waals surface area contributed by atoms with Gasteiger partial charge in [0.25, 0.3) is 5.91 Å². The number of amides is 1. The SMILES string of the molecule is Cc1ccc(N=c2scc(-c3ccc4c(c3)NC(=O)CO4)n2CC2CCCO2)c(C)c1. The summed E-state index contributed by atoms with van der Waals surface area (Å²) in [4.78, 5) is 17.7. The van der Waals surface area contributed by atoms with E-state index < -0.39 is 0 Å². The normalized spacial score (nSPS) is 18.6. The van der Waals surface area contributed by atoms with Crippen molar-refractivity contribution in [1.29, 1.82) is 0 Å². The smallest absolute Gasteiger partial charge is 0.262 e. The van der Waals surface area contributed by atoms with Crippen LogP contribution in [-0.4, -0.2) is 29.8 Å². The molecule has 2 aromatic carbocycles. The zero-order valence-electron chi connectivity index (χ0n) is 17.7. The van der Waals surface area contributed by atoms with E-state index in [0.717, 1.165) is 53.3 Å². The summed E-state index contributed by atoms with van der Waals surface area (Å²) in [5, 5.41) is 5.03. The van der Waals surface area contributed by atoms with Gasteiger partial charge in [-0.25, -0.2) is 4.99 Å². The Morgan fingerprint density at radius 2 is 2.13 bits per heavy atom. The average Bonchev–Trinajstić information content (AvgIpc) is 3.40. The van der Waals surface area contributed by atoms with Crippen LogP contribution >= 0.6 is 11.3 Å². The second kappa shape index (κ2) is 8.32. The second-order valence-corrected chi connectivity index (χ2v) is 8.94. The van der Waals surface area contributed by atoms with Gasteiger partial charge in [-0.2, -0.15) is 0 Å². The standard InChI is InChI=1S/C24H25N3O3S/c1-15-5-7-19(16(2)10-15)26-24-27(12-18-4-3-9-29-18)21(14-31-24)17-6-8-22-20(11-17)25-23(28)13-30-22/h5-8,10-11,14,18H,3-4,9,12-13H2,1-2H3,(H,25,28). The molecule has 0 aliphatic carbocycles. The molecule has 0 bridgehead atoms. The van der Waals surface area contributed by atoms with E-state index in [2.05, 4.69) is 47.3 Å². The topological polar surface area (TPSA) is 64.8 Å². The van der Waals surface area contributed by atoms with E-state index >= 15 is 0 Å². The highest BCUT2D eigenvalue weighted by Crippen LogP contribution is 2.33. The Kier molecular flexibility index (Phi) is 5.38. The molecule has 160 valence electrons. The molecule has 2 aliphatic heterocycles. The number of hydrogen-bond donors (Lipinski definition) is 1. The van der Waals surface area contributed by atoms with Crippen molar-refractivity contribution in [2.24, 2.45) is 4.99 Å². The number of hydrogen-bond acceptors (Lipinski definition) is 5. The molecule has 1 N–H and O–H groups in total. The van der Waals surface area contributed by atoms with Gasteiger partial charge in [0.05, 0.1) is 29.7 Å². The van der Waals surface area contributed by atoms with Crippen LogP contribution in [0.1, 0.15) is 24.0 Å². The Morgan fingerprint density at radius 3 is 2.94 bits per heavy atom. The Balaban J connectivity index is 1.60. The first kappa shape index (κ1) is 20.0. The largest absolute Gasteiger partial charge is 0.482 e. The number of carbonyl (C=O) groups excluding carboxylic acids is 1. The van der Waals surface area contributed by atoms with Crippen LogP contribution in [0, 0.1) is 13.8 Å². The van der Waals surface area contributed by atoms with Crippen LogP contribution in [-0.2, 0) is 16.1 Å². The molecule has 0 spiro atoms. The van der Waals surface area contributed by atoms with E-state index in [1.165, 1.54) is 5.56 Å². The van der Waals surface area contributed by atoms with E-state index in [0.29, 0.717) is 11.4 Å². The van der Waals surface area contributed by atoms with E-state index in [4.69, 9.17) is 14.5 Å². The number of aromatic nitrogens is 1. The molecule has 2 aliphatic rings.